The van der Waals surface area contributed by atoms with Gasteiger partial charge in [-0.1, -0.05) is 24.3 Å². The molecule has 5 rings (SSSR count). The van der Waals surface area contributed by atoms with Gasteiger partial charge in [0.05, 0.1) is 18.4 Å². The van der Waals surface area contributed by atoms with E-state index in [1.807, 2.05) is 13.0 Å². The number of hydrogen-bond acceptors (Lipinski definition) is 3. The molecule has 2 N–H and O–H groups in total. The van der Waals surface area contributed by atoms with Crippen LogP contribution in [0.2, 0.25) is 0 Å². The second-order valence-corrected chi connectivity index (χ2v) is 9.59. The largest absolute Gasteiger partial charge is 0.357 e. The number of rotatable bonds is 8. The van der Waals surface area contributed by atoms with Crippen LogP contribution in [0.15, 0.2) is 41.4 Å². The molecule has 2 bridgehead atoms. The number of allylic oxidation sites excluding steroid dienone is 2. The number of carbonyl (C=O) groups is 2. The predicted molar refractivity (Wildman–Crippen MR) is 120 cm³/mol. The molecule has 1 aromatic rings. The molecular formula is C25H31FN4O2. The fourth-order valence-corrected chi connectivity index (χ4v) is 5.71. The van der Waals surface area contributed by atoms with Crippen molar-refractivity contribution in [3.05, 3.63) is 47.8 Å². The van der Waals surface area contributed by atoms with Gasteiger partial charge in [0.2, 0.25) is 11.8 Å². The Morgan fingerprint density at radius 1 is 1.16 bits per heavy atom. The molecule has 3 fully saturated rings. The lowest BCUT2D eigenvalue weighted by atomic mass is 9.85. The fourth-order valence-electron chi connectivity index (χ4n) is 5.71. The van der Waals surface area contributed by atoms with Gasteiger partial charge in [-0.15, -0.1) is 0 Å². The van der Waals surface area contributed by atoms with Crippen LogP contribution >= 0.6 is 0 Å². The van der Waals surface area contributed by atoms with Gasteiger partial charge in [-0.2, -0.15) is 0 Å². The first-order chi connectivity index (χ1) is 15.5. The monoisotopic (exact) mass is 438 g/mol. The van der Waals surface area contributed by atoms with Crippen LogP contribution < -0.4 is 10.6 Å². The topological polar surface area (TPSA) is 73.8 Å². The second-order valence-electron chi connectivity index (χ2n) is 9.59. The normalized spacial score (nSPS) is 29.6. The number of imide groups is 1. The molecule has 2 amide bonds. The Morgan fingerprint density at radius 2 is 1.88 bits per heavy atom. The molecule has 0 radical (unpaired) electrons. The van der Waals surface area contributed by atoms with Gasteiger partial charge in [-0.3, -0.25) is 19.5 Å². The van der Waals surface area contributed by atoms with E-state index in [2.05, 4.69) is 22.8 Å². The van der Waals surface area contributed by atoms with Crippen LogP contribution in [0.1, 0.15) is 38.2 Å². The molecule has 4 unspecified atom stereocenters. The molecular weight excluding hydrogens is 407 g/mol. The minimum Gasteiger partial charge on any atom is -0.357 e. The maximum Gasteiger partial charge on any atom is 0.233 e. The van der Waals surface area contributed by atoms with E-state index in [1.54, 1.807) is 12.1 Å². The first-order valence-electron chi connectivity index (χ1n) is 11.8. The number of nitrogens with one attached hydrogen (secondary N) is 2. The summed E-state index contributed by atoms with van der Waals surface area (Å²) in [6.45, 7) is 4.43. The SMILES string of the molecule is CCNC(=NCC1(c2cccc(F)c2)CC1)NCCCN1C(=O)C2C3C=CC(C3)C2C1=O. The predicted octanol–water partition coefficient (Wildman–Crippen LogP) is 2.61. The Balaban J connectivity index is 1.13. The van der Waals surface area contributed by atoms with E-state index < -0.39 is 0 Å². The molecule has 3 aliphatic carbocycles. The van der Waals surface area contributed by atoms with Crippen molar-refractivity contribution >= 4 is 17.8 Å². The highest BCUT2D eigenvalue weighted by molar-refractivity contribution is 6.06. The molecule has 2 saturated carbocycles. The molecule has 4 atom stereocenters. The van der Waals surface area contributed by atoms with E-state index >= 15 is 0 Å². The van der Waals surface area contributed by atoms with Crippen molar-refractivity contribution < 1.29 is 14.0 Å². The molecule has 7 heteroatoms. The molecule has 6 nitrogen and oxygen atoms in total. The molecule has 0 spiro atoms. The number of likely N-dealkylation sites (tertiary alicyclic amines) is 1. The van der Waals surface area contributed by atoms with Crippen LogP contribution in [0.4, 0.5) is 4.39 Å². The Morgan fingerprint density at radius 3 is 2.50 bits per heavy atom. The molecule has 0 aromatic heterocycles. The van der Waals surface area contributed by atoms with Crippen molar-refractivity contribution in [3.63, 3.8) is 0 Å². The highest BCUT2D eigenvalue weighted by atomic mass is 19.1. The van der Waals surface area contributed by atoms with Crippen molar-refractivity contribution in [2.45, 2.75) is 38.0 Å². The quantitative estimate of drug-likeness (QED) is 0.215. The van der Waals surface area contributed by atoms with E-state index in [0.717, 1.165) is 31.4 Å². The van der Waals surface area contributed by atoms with Gasteiger partial charge >= 0.3 is 0 Å². The molecule has 4 aliphatic rings. The summed E-state index contributed by atoms with van der Waals surface area (Å²) >= 11 is 0. The molecule has 1 saturated heterocycles. The smallest absolute Gasteiger partial charge is 0.233 e. The summed E-state index contributed by atoms with van der Waals surface area (Å²) in [6.07, 6.45) is 7.91. The number of halogens is 1. The molecule has 1 heterocycles. The van der Waals surface area contributed by atoms with Crippen molar-refractivity contribution in [2.24, 2.45) is 28.7 Å². The van der Waals surface area contributed by atoms with Gasteiger partial charge < -0.3 is 10.6 Å². The Kier molecular flexibility index (Phi) is 5.51. The van der Waals surface area contributed by atoms with Crippen LogP contribution in [0, 0.1) is 29.5 Å². The van der Waals surface area contributed by atoms with Crippen molar-refractivity contribution in [3.8, 4) is 0 Å². The van der Waals surface area contributed by atoms with Crippen LogP contribution in [0.5, 0.6) is 0 Å². The Bertz CT molecular complexity index is 940. The minimum absolute atomic E-state index is 0.0168. The average molecular weight is 439 g/mol. The number of nitrogens with zero attached hydrogens (tertiary/aromatic N) is 2. The Labute approximate surface area is 188 Å². The number of fused-ring (bicyclic) bond motifs is 5. The van der Waals surface area contributed by atoms with Gasteiger partial charge in [-0.05, 0) is 62.1 Å². The standard InChI is InChI=1S/C25H31FN4O2/c1-2-27-24(29-15-25(9-10-25)18-5-3-6-19(26)14-18)28-11-4-12-30-22(31)20-16-7-8-17(13-16)21(20)23(30)32/h3,5-8,14,16-17,20-21H,2,4,9-13,15H2,1H3,(H2,27,28,29). The summed E-state index contributed by atoms with van der Waals surface area (Å²) in [7, 11) is 0. The van der Waals surface area contributed by atoms with Crippen LogP contribution in [-0.2, 0) is 15.0 Å². The molecule has 1 aliphatic heterocycles. The number of guanidine groups is 1. The van der Waals surface area contributed by atoms with E-state index in [-0.39, 0.29) is 46.7 Å². The highest BCUT2D eigenvalue weighted by Gasteiger charge is 2.58. The highest BCUT2D eigenvalue weighted by Crippen LogP contribution is 2.52. The first kappa shape index (κ1) is 21.2. The maximum atomic E-state index is 13.6. The lowest BCUT2D eigenvalue weighted by molar-refractivity contribution is -0.140. The third-order valence-corrected chi connectivity index (χ3v) is 7.59. The lowest BCUT2D eigenvalue weighted by Crippen LogP contribution is -2.40. The number of benzene rings is 1. The van der Waals surface area contributed by atoms with Gasteiger partial charge in [0.1, 0.15) is 5.82 Å². The van der Waals surface area contributed by atoms with Crippen LogP contribution in [0.3, 0.4) is 0 Å². The summed E-state index contributed by atoms with van der Waals surface area (Å²) in [6, 6.07) is 6.82. The van der Waals surface area contributed by atoms with Gasteiger partial charge in [0, 0.05) is 25.0 Å². The van der Waals surface area contributed by atoms with Gasteiger partial charge in [0.15, 0.2) is 5.96 Å². The first-order valence-corrected chi connectivity index (χ1v) is 11.8. The van der Waals surface area contributed by atoms with Crippen LogP contribution in [-0.4, -0.2) is 48.9 Å². The summed E-state index contributed by atoms with van der Waals surface area (Å²) in [5.41, 5.74) is 0.946. The lowest BCUT2D eigenvalue weighted by Gasteiger charge is -2.18. The number of carbonyl (C=O) groups excluding carboxylic acids is 2. The molecule has 170 valence electrons. The second kappa shape index (κ2) is 8.34. The zero-order valence-corrected chi connectivity index (χ0v) is 18.5. The average Bonchev–Trinajstić information content (AvgIpc) is 3.17. The van der Waals surface area contributed by atoms with Gasteiger partial charge in [0.25, 0.3) is 0 Å². The minimum atomic E-state index is -0.207. The summed E-state index contributed by atoms with van der Waals surface area (Å²) < 4.78 is 13.6. The number of hydrogen-bond donors (Lipinski definition) is 2. The van der Waals surface area contributed by atoms with E-state index in [4.69, 9.17) is 4.99 Å². The molecule has 1 aromatic carbocycles. The molecule has 32 heavy (non-hydrogen) atoms. The fraction of sp³-hybridized carbons (Fsp3) is 0.560. The van der Waals surface area contributed by atoms with Crippen molar-refractivity contribution in [1.82, 2.24) is 15.5 Å². The van der Waals surface area contributed by atoms with E-state index in [0.29, 0.717) is 32.0 Å². The van der Waals surface area contributed by atoms with E-state index in [1.165, 1.54) is 11.0 Å². The van der Waals surface area contributed by atoms with Crippen molar-refractivity contribution in [1.29, 1.82) is 0 Å². The number of amides is 2. The zero-order chi connectivity index (χ0) is 22.3. The summed E-state index contributed by atoms with van der Waals surface area (Å²) in [4.78, 5) is 31.8. The third kappa shape index (κ3) is 3.71. The summed E-state index contributed by atoms with van der Waals surface area (Å²) in [5.74, 6) is 0.806. The zero-order valence-electron chi connectivity index (χ0n) is 18.5. The van der Waals surface area contributed by atoms with Gasteiger partial charge in [-0.25, -0.2) is 4.39 Å². The third-order valence-electron chi connectivity index (χ3n) is 7.59. The van der Waals surface area contributed by atoms with E-state index in [9.17, 15) is 14.0 Å². The van der Waals surface area contributed by atoms with Crippen LogP contribution in [0.25, 0.3) is 0 Å². The number of aliphatic imine (C=N–C) groups is 1. The Hall–Kier alpha value is -2.70. The van der Waals surface area contributed by atoms with Crippen molar-refractivity contribution in [2.75, 3.05) is 26.2 Å². The maximum absolute atomic E-state index is 13.6. The summed E-state index contributed by atoms with van der Waals surface area (Å²) in [5, 5.41) is 6.57.